The van der Waals surface area contributed by atoms with E-state index in [4.69, 9.17) is 16.3 Å². The van der Waals surface area contributed by atoms with Crippen molar-refractivity contribution in [2.24, 2.45) is 0 Å². The van der Waals surface area contributed by atoms with Crippen LogP contribution in [-0.2, 0) is 12.0 Å². The van der Waals surface area contributed by atoms with Gasteiger partial charge in [0, 0.05) is 35.8 Å². The second kappa shape index (κ2) is 9.52. The van der Waals surface area contributed by atoms with Gasteiger partial charge in [-0.25, -0.2) is 4.39 Å². The molecule has 2 aliphatic heterocycles. The molecule has 0 bridgehead atoms. The number of likely N-dealkylation sites (tertiary alicyclic amines) is 1. The van der Waals surface area contributed by atoms with E-state index >= 15 is 0 Å². The van der Waals surface area contributed by atoms with Gasteiger partial charge in [-0.2, -0.15) is 0 Å². The number of anilines is 1. The summed E-state index contributed by atoms with van der Waals surface area (Å²) in [6, 6.07) is 16.5. The summed E-state index contributed by atoms with van der Waals surface area (Å²) in [7, 11) is 1.65. The van der Waals surface area contributed by atoms with Crippen LogP contribution in [-0.4, -0.2) is 42.5 Å². The number of hydrogen-bond acceptors (Lipinski definition) is 5. The van der Waals surface area contributed by atoms with E-state index in [1.807, 2.05) is 18.2 Å². The van der Waals surface area contributed by atoms with Gasteiger partial charge >= 0.3 is 0 Å². The summed E-state index contributed by atoms with van der Waals surface area (Å²) in [5, 5.41) is 11.3. The Morgan fingerprint density at radius 2 is 1.92 bits per heavy atom. The van der Waals surface area contributed by atoms with Crippen LogP contribution < -0.4 is 9.64 Å². The van der Waals surface area contributed by atoms with E-state index < -0.39 is 4.92 Å². The minimum atomic E-state index is -0.605. The fourth-order valence-electron chi connectivity index (χ4n) is 5.36. The van der Waals surface area contributed by atoms with Crippen LogP contribution in [0.3, 0.4) is 0 Å². The summed E-state index contributed by atoms with van der Waals surface area (Å²) >= 11 is 5.94. The number of piperidine rings is 1. The fraction of sp³-hybridized carbons (Fsp3) is 0.296. The van der Waals surface area contributed by atoms with Crippen molar-refractivity contribution in [2.75, 3.05) is 31.6 Å². The number of carbonyl (C=O) groups is 1. The van der Waals surface area contributed by atoms with Crippen molar-refractivity contribution >= 4 is 28.9 Å². The third-order valence-corrected chi connectivity index (χ3v) is 7.59. The van der Waals surface area contributed by atoms with Crippen LogP contribution in [0, 0.1) is 15.9 Å². The lowest BCUT2D eigenvalue weighted by Crippen LogP contribution is -2.45. The van der Waals surface area contributed by atoms with Gasteiger partial charge < -0.3 is 9.64 Å². The van der Waals surface area contributed by atoms with Crippen molar-refractivity contribution in [3.63, 3.8) is 0 Å². The summed E-state index contributed by atoms with van der Waals surface area (Å²) in [4.78, 5) is 28.2. The summed E-state index contributed by atoms with van der Waals surface area (Å²) in [5.41, 5.74) is 2.11. The zero-order valence-corrected chi connectivity index (χ0v) is 20.5. The molecular formula is C27H25ClFN3O4. The molecule has 0 aromatic heterocycles. The van der Waals surface area contributed by atoms with Crippen LogP contribution in [0.5, 0.6) is 5.75 Å². The standard InChI is InChI=1S/C27H25ClFN3O4/c1-36-21-4-2-3-18(13-21)16-30-11-9-27(10-12-30)17-31(24-8-6-20(29)15-22(24)27)26(33)19-5-7-23(28)25(14-19)32(34)35/h2-8,13-15H,9-12,16-17H2,1H3. The maximum Gasteiger partial charge on any atom is 0.288 e. The molecule has 1 spiro atoms. The first-order valence-corrected chi connectivity index (χ1v) is 12.1. The Morgan fingerprint density at radius 1 is 1.14 bits per heavy atom. The van der Waals surface area contributed by atoms with Crippen LogP contribution in [0.4, 0.5) is 15.8 Å². The number of fused-ring (bicyclic) bond motifs is 2. The highest BCUT2D eigenvalue weighted by molar-refractivity contribution is 6.32. The van der Waals surface area contributed by atoms with Crippen LogP contribution in [0.1, 0.15) is 34.3 Å². The second-order valence-electron chi connectivity index (χ2n) is 9.38. The molecule has 2 heterocycles. The first-order valence-electron chi connectivity index (χ1n) is 11.7. The van der Waals surface area contributed by atoms with Gasteiger partial charge in [0.15, 0.2) is 0 Å². The Labute approximate surface area is 213 Å². The average molecular weight is 510 g/mol. The molecule has 0 saturated carbocycles. The van der Waals surface area contributed by atoms with Gasteiger partial charge in [0.1, 0.15) is 16.6 Å². The summed E-state index contributed by atoms with van der Waals surface area (Å²) in [5.74, 6) is 0.111. The van der Waals surface area contributed by atoms with Gasteiger partial charge in [-0.15, -0.1) is 0 Å². The van der Waals surface area contributed by atoms with Crippen LogP contribution >= 0.6 is 11.6 Å². The number of halogens is 2. The van der Waals surface area contributed by atoms with Crippen molar-refractivity contribution < 1.29 is 18.8 Å². The molecule has 5 rings (SSSR count). The first-order chi connectivity index (χ1) is 17.3. The van der Waals surface area contributed by atoms with Crippen LogP contribution in [0.15, 0.2) is 60.7 Å². The molecule has 1 fully saturated rings. The average Bonchev–Trinajstić information content (AvgIpc) is 3.18. The van der Waals surface area contributed by atoms with Crippen molar-refractivity contribution in [3.05, 3.63) is 98.3 Å². The number of carbonyl (C=O) groups excluding carboxylic acids is 1. The van der Waals surface area contributed by atoms with Crippen LogP contribution in [0.2, 0.25) is 5.02 Å². The number of rotatable bonds is 5. The maximum absolute atomic E-state index is 14.4. The monoisotopic (exact) mass is 509 g/mol. The highest BCUT2D eigenvalue weighted by atomic mass is 35.5. The number of hydrogen-bond donors (Lipinski definition) is 0. The van der Waals surface area contributed by atoms with Crippen LogP contribution in [0.25, 0.3) is 0 Å². The van der Waals surface area contributed by atoms with E-state index in [-0.39, 0.29) is 33.4 Å². The predicted octanol–water partition coefficient (Wildman–Crippen LogP) is 5.59. The number of nitrogens with zero attached hydrogens (tertiary/aromatic N) is 3. The highest BCUT2D eigenvalue weighted by Crippen LogP contribution is 2.48. The minimum absolute atomic E-state index is 0.0275. The van der Waals surface area contributed by atoms with Gasteiger partial charge in [-0.05, 0) is 79.5 Å². The third-order valence-electron chi connectivity index (χ3n) is 7.27. The lowest BCUT2D eigenvalue weighted by molar-refractivity contribution is -0.384. The second-order valence-corrected chi connectivity index (χ2v) is 9.79. The van der Waals surface area contributed by atoms with Crippen molar-refractivity contribution in [1.29, 1.82) is 0 Å². The molecule has 0 unspecified atom stereocenters. The van der Waals surface area contributed by atoms with Gasteiger partial charge in [-0.1, -0.05) is 23.7 Å². The van der Waals surface area contributed by atoms with Gasteiger partial charge in [0.2, 0.25) is 0 Å². The number of methoxy groups -OCH3 is 1. The SMILES string of the molecule is COc1cccc(CN2CCC3(CC2)CN(C(=O)c2ccc(Cl)c([N+](=O)[O-])c2)c2ccc(F)cc23)c1. The van der Waals surface area contributed by atoms with Crippen molar-refractivity contribution in [2.45, 2.75) is 24.8 Å². The molecule has 3 aromatic rings. The topological polar surface area (TPSA) is 75.9 Å². The Kier molecular flexibility index (Phi) is 6.40. The minimum Gasteiger partial charge on any atom is -0.497 e. The van der Waals surface area contributed by atoms with Crippen molar-refractivity contribution in [1.82, 2.24) is 4.90 Å². The zero-order chi connectivity index (χ0) is 25.4. The molecule has 36 heavy (non-hydrogen) atoms. The van der Waals surface area contributed by atoms with Gasteiger partial charge in [-0.3, -0.25) is 19.8 Å². The zero-order valence-electron chi connectivity index (χ0n) is 19.7. The normalized spacial score (nSPS) is 16.7. The van der Waals surface area contributed by atoms with Gasteiger partial charge in [0.05, 0.1) is 12.0 Å². The molecule has 9 heteroatoms. The molecule has 186 valence electrons. The van der Waals surface area contributed by atoms with E-state index in [0.29, 0.717) is 12.2 Å². The molecule has 0 N–H and O–H groups in total. The Morgan fingerprint density at radius 3 is 2.64 bits per heavy atom. The summed E-state index contributed by atoms with van der Waals surface area (Å²) < 4.78 is 19.7. The molecule has 3 aromatic carbocycles. The highest BCUT2D eigenvalue weighted by Gasteiger charge is 2.46. The molecule has 2 aliphatic rings. The molecular weight excluding hydrogens is 485 g/mol. The third kappa shape index (κ3) is 4.42. The van der Waals surface area contributed by atoms with Crippen molar-refractivity contribution in [3.8, 4) is 5.75 Å². The Bertz CT molecular complexity index is 1340. The molecule has 1 saturated heterocycles. The number of nitro benzene ring substituents is 1. The van der Waals surface area contributed by atoms with E-state index in [0.717, 1.165) is 49.4 Å². The maximum atomic E-state index is 14.4. The van der Waals surface area contributed by atoms with E-state index in [2.05, 4.69) is 11.0 Å². The number of ether oxygens (including phenoxy) is 1. The number of benzene rings is 3. The Balaban J connectivity index is 1.39. The molecule has 1 amide bonds. The van der Waals surface area contributed by atoms with E-state index in [1.54, 1.807) is 18.1 Å². The lowest BCUT2D eigenvalue weighted by Gasteiger charge is -2.40. The van der Waals surface area contributed by atoms with Gasteiger partial charge in [0.25, 0.3) is 11.6 Å². The predicted molar refractivity (Wildman–Crippen MR) is 135 cm³/mol. The summed E-state index contributed by atoms with van der Waals surface area (Å²) in [6.45, 7) is 2.76. The van der Waals surface area contributed by atoms with E-state index in [9.17, 15) is 19.3 Å². The molecule has 0 radical (unpaired) electrons. The smallest absolute Gasteiger partial charge is 0.288 e. The molecule has 7 nitrogen and oxygen atoms in total. The lowest BCUT2D eigenvalue weighted by atomic mass is 9.74. The van der Waals surface area contributed by atoms with E-state index in [1.165, 1.54) is 30.3 Å². The number of nitro groups is 1. The largest absolute Gasteiger partial charge is 0.497 e. The quantitative estimate of drug-likeness (QED) is 0.331. The molecule has 0 atom stereocenters. The first kappa shape index (κ1) is 24.2. The number of amides is 1. The Hall–Kier alpha value is -3.49. The summed E-state index contributed by atoms with van der Waals surface area (Å²) in [6.07, 6.45) is 1.52. The molecule has 0 aliphatic carbocycles. The fourth-order valence-corrected chi connectivity index (χ4v) is 5.55.